The lowest BCUT2D eigenvalue weighted by Crippen LogP contribution is -2.21. The number of carbonyl (C=O) groups is 1. The highest BCUT2D eigenvalue weighted by Crippen LogP contribution is 2.48. The monoisotopic (exact) mass is 442 g/mol. The number of phenols is 1. The van der Waals surface area contributed by atoms with Gasteiger partial charge in [-0.1, -0.05) is 19.1 Å². The summed E-state index contributed by atoms with van der Waals surface area (Å²) < 4.78 is 1.31. The molecule has 1 aromatic carbocycles. The highest BCUT2D eigenvalue weighted by Gasteiger charge is 2.24. The van der Waals surface area contributed by atoms with Gasteiger partial charge in [-0.05, 0) is 36.9 Å². The van der Waals surface area contributed by atoms with E-state index in [-0.39, 0.29) is 46.0 Å². The number of amides is 1. The Hall–Kier alpha value is -3.46. The largest absolute Gasteiger partial charge is 0.505 e. The van der Waals surface area contributed by atoms with Gasteiger partial charge in [0.25, 0.3) is 5.91 Å². The fraction of sp³-hybridized carbons (Fsp3) is 0.273. The van der Waals surface area contributed by atoms with E-state index in [1.165, 1.54) is 26.9 Å². The van der Waals surface area contributed by atoms with E-state index in [1.54, 1.807) is 33.2 Å². The molecule has 0 atom stereocenters. The zero-order valence-electron chi connectivity index (χ0n) is 17.9. The summed E-state index contributed by atoms with van der Waals surface area (Å²) >= 11 is 1.53. The maximum atomic E-state index is 12.3. The predicted octanol–water partition coefficient (Wildman–Crippen LogP) is 4.66. The number of hydrogen-bond donors (Lipinski definition) is 4. The highest BCUT2D eigenvalue weighted by molar-refractivity contribution is 7.12. The molecular formula is C22H26N4O4S. The summed E-state index contributed by atoms with van der Waals surface area (Å²) in [6, 6.07) is 8.58. The van der Waals surface area contributed by atoms with E-state index in [0.29, 0.717) is 13.0 Å². The van der Waals surface area contributed by atoms with E-state index in [1.807, 2.05) is 24.4 Å². The normalized spacial score (nSPS) is 11.5. The average Bonchev–Trinajstić information content (AvgIpc) is 3.35. The minimum Gasteiger partial charge on any atom is -0.505 e. The third kappa shape index (κ3) is 4.22. The first kappa shape index (κ1) is 22.2. The van der Waals surface area contributed by atoms with Crippen molar-refractivity contribution in [2.45, 2.75) is 26.8 Å². The van der Waals surface area contributed by atoms with Crippen molar-refractivity contribution in [3.05, 3.63) is 46.2 Å². The van der Waals surface area contributed by atoms with E-state index in [9.17, 15) is 20.1 Å². The molecule has 2 aromatic heterocycles. The number of anilines is 2. The first-order valence-electron chi connectivity index (χ1n) is 9.86. The van der Waals surface area contributed by atoms with Crippen molar-refractivity contribution in [1.82, 2.24) is 9.47 Å². The van der Waals surface area contributed by atoms with Crippen LogP contribution in [0.15, 0.2) is 40.7 Å². The van der Waals surface area contributed by atoms with Crippen molar-refractivity contribution in [2.75, 3.05) is 19.4 Å². The molecule has 2 heterocycles. The lowest BCUT2D eigenvalue weighted by atomic mass is 10.1. The Bertz CT molecular complexity index is 1120. The summed E-state index contributed by atoms with van der Waals surface area (Å²) in [5.41, 5.74) is 1.38. The number of nitrogens with zero attached hydrogens (tertiary/aromatic N) is 3. The third-order valence-corrected chi connectivity index (χ3v) is 5.74. The molecule has 8 nitrogen and oxygen atoms in total. The van der Waals surface area contributed by atoms with Gasteiger partial charge in [0.1, 0.15) is 5.69 Å². The maximum absolute atomic E-state index is 12.3. The quantitative estimate of drug-likeness (QED) is 0.314. The van der Waals surface area contributed by atoms with Crippen LogP contribution in [0.4, 0.5) is 17.1 Å². The van der Waals surface area contributed by atoms with Crippen LogP contribution in [0, 0.1) is 0 Å². The van der Waals surface area contributed by atoms with Crippen LogP contribution in [0.2, 0.25) is 0 Å². The first-order chi connectivity index (χ1) is 14.8. The summed E-state index contributed by atoms with van der Waals surface area (Å²) in [5, 5.41) is 37.0. The van der Waals surface area contributed by atoms with Gasteiger partial charge in [0.2, 0.25) is 11.8 Å². The van der Waals surface area contributed by atoms with Crippen LogP contribution in [0.25, 0.3) is 0 Å². The molecule has 0 unspecified atom stereocenters. The zero-order chi connectivity index (χ0) is 22.7. The van der Waals surface area contributed by atoms with E-state index in [4.69, 9.17) is 0 Å². The fourth-order valence-corrected chi connectivity index (χ4v) is 3.97. The number of aliphatic imine (C=N–C) groups is 1. The Morgan fingerprint density at radius 3 is 2.45 bits per heavy atom. The van der Waals surface area contributed by atoms with Gasteiger partial charge in [-0.25, -0.2) is 4.99 Å². The van der Waals surface area contributed by atoms with Crippen molar-refractivity contribution < 1.29 is 20.1 Å². The molecule has 3 rings (SSSR count). The SMILES string of the molecule is CCC(=Nc1c(Nc2cccc(C(=O)N(C)C)c2O)c(O)n(CC)c1O)c1cccs1. The Balaban J connectivity index is 2.13. The molecule has 3 aromatic rings. The van der Waals surface area contributed by atoms with E-state index in [0.717, 1.165) is 10.6 Å². The number of benzene rings is 1. The van der Waals surface area contributed by atoms with Crippen LogP contribution in [0.3, 0.4) is 0 Å². The summed E-state index contributed by atoms with van der Waals surface area (Å²) in [4.78, 5) is 19.3. The Labute approximate surface area is 184 Å². The Morgan fingerprint density at radius 2 is 1.87 bits per heavy atom. The number of rotatable bonds is 7. The van der Waals surface area contributed by atoms with Crippen LogP contribution in [-0.4, -0.2) is 50.5 Å². The average molecular weight is 443 g/mol. The number of nitrogens with one attached hydrogen (secondary N) is 1. The molecule has 0 fully saturated rings. The minimum absolute atomic E-state index is 0.117. The van der Waals surface area contributed by atoms with E-state index in [2.05, 4.69) is 10.3 Å². The van der Waals surface area contributed by atoms with Gasteiger partial charge in [-0.15, -0.1) is 11.3 Å². The van der Waals surface area contributed by atoms with Gasteiger partial charge in [-0.3, -0.25) is 9.36 Å². The molecule has 31 heavy (non-hydrogen) atoms. The van der Waals surface area contributed by atoms with E-state index >= 15 is 0 Å². The maximum Gasteiger partial charge on any atom is 0.257 e. The van der Waals surface area contributed by atoms with E-state index < -0.39 is 0 Å². The lowest BCUT2D eigenvalue weighted by Gasteiger charge is -2.15. The molecule has 0 aliphatic carbocycles. The summed E-state index contributed by atoms with van der Waals surface area (Å²) in [5.74, 6) is -1.02. The highest BCUT2D eigenvalue weighted by atomic mass is 32.1. The fourth-order valence-electron chi connectivity index (χ4n) is 3.18. The molecule has 0 aliphatic rings. The number of para-hydroxylation sites is 1. The second kappa shape index (κ2) is 9.13. The third-order valence-electron chi connectivity index (χ3n) is 4.82. The smallest absolute Gasteiger partial charge is 0.257 e. The molecular weight excluding hydrogens is 416 g/mol. The second-order valence-electron chi connectivity index (χ2n) is 7.03. The van der Waals surface area contributed by atoms with Crippen LogP contribution in [-0.2, 0) is 6.54 Å². The molecule has 0 aliphatic heterocycles. The number of thiophene rings is 1. The van der Waals surface area contributed by atoms with Crippen LogP contribution < -0.4 is 5.32 Å². The zero-order valence-corrected chi connectivity index (χ0v) is 18.7. The van der Waals surface area contributed by atoms with Crippen molar-refractivity contribution in [3.63, 3.8) is 0 Å². The Kier molecular flexibility index (Phi) is 6.55. The molecule has 0 bridgehead atoms. The van der Waals surface area contributed by atoms with Crippen LogP contribution in [0.5, 0.6) is 17.5 Å². The molecule has 0 saturated heterocycles. The van der Waals surface area contributed by atoms with Crippen molar-refractivity contribution in [2.24, 2.45) is 4.99 Å². The standard InChI is InChI=1S/C22H26N4O4S/c1-5-14(16-11-8-12-31-16)23-17-18(22(30)26(6-2)21(17)29)24-15-10-7-9-13(19(15)27)20(28)25(3)4/h7-12,24,27,29-30H,5-6H2,1-4H3. The molecule has 4 N–H and O–H groups in total. The molecule has 9 heteroatoms. The number of phenolic OH excluding ortho intramolecular Hbond substituents is 1. The summed E-state index contributed by atoms with van der Waals surface area (Å²) in [7, 11) is 3.19. The van der Waals surface area contributed by atoms with Crippen molar-refractivity contribution in [1.29, 1.82) is 0 Å². The van der Waals surface area contributed by atoms with Crippen molar-refractivity contribution >= 4 is 40.0 Å². The number of aromatic hydroxyl groups is 3. The minimum atomic E-state index is -0.358. The molecule has 164 valence electrons. The molecule has 0 spiro atoms. The van der Waals surface area contributed by atoms with Crippen LogP contribution >= 0.6 is 11.3 Å². The van der Waals surface area contributed by atoms with Gasteiger partial charge in [0.05, 0.1) is 17.0 Å². The van der Waals surface area contributed by atoms with Gasteiger partial charge < -0.3 is 25.5 Å². The van der Waals surface area contributed by atoms with Crippen LogP contribution in [0.1, 0.15) is 35.5 Å². The molecule has 0 radical (unpaired) electrons. The summed E-state index contributed by atoms with van der Waals surface area (Å²) in [6.07, 6.45) is 0.621. The first-order valence-corrected chi connectivity index (χ1v) is 10.7. The molecule has 0 saturated carbocycles. The number of hydrogen-bond acceptors (Lipinski definition) is 7. The number of aromatic nitrogens is 1. The van der Waals surface area contributed by atoms with Gasteiger partial charge in [0, 0.05) is 25.5 Å². The number of carbonyl (C=O) groups excluding carboxylic acids is 1. The Morgan fingerprint density at radius 1 is 1.13 bits per heavy atom. The van der Waals surface area contributed by atoms with Gasteiger partial charge in [-0.2, -0.15) is 0 Å². The lowest BCUT2D eigenvalue weighted by molar-refractivity contribution is 0.0824. The topological polar surface area (TPSA) is 110 Å². The van der Waals surface area contributed by atoms with Gasteiger partial charge in [0.15, 0.2) is 11.4 Å². The molecule has 1 amide bonds. The second-order valence-corrected chi connectivity index (χ2v) is 7.98. The van der Waals surface area contributed by atoms with Crippen molar-refractivity contribution in [3.8, 4) is 17.5 Å². The van der Waals surface area contributed by atoms with Gasteiger partial charge >= 0.3 is 0 Å². The summed E-state index contributed by atoms with van der Waals surface area (Å²) in [6.45, 7) is 4.06. The predicted molar refractivity (Wildman–Crippen MR) is 124 cm³/mol.